The Morgan fingerprint density at radius 3 is 2.55 bits per heavy atom. The molecule has 0 radical (unpaired) electrons. The number of hydrogen-bond donors (Lipinski definition) is 1. The molecule has 0 aliphatic rings. The van der Waals surface area contributed by atoms with E-state index in [9.17, 15) is 0 Å². The summed E-state index contributed by atoms with van der Waals surface area (Å²) in [5.74, 6) is 0.726. The lowest BCUT2D eigenvalue weighted by atomic mass is 10.1. The van der Waals surface area contributed by atoms with Gasteiger partial charge < -0.3 is 10.2 Å². The van der Waals surface area contributed by atoms with Crippen molar-refractivity contribution in [2.75, 3.05) is 0 Å². The highest BCUT2D eigenvalue weighted by molar-refractivity contribution is 5.58. The molecule has 3 nitrogen and oxygen atoms in total. The molecule has 20 heavy (non-hydrogen) atoms. The number of aromatic nitrogens is 1. The van der Waals surface area contributed by atoms with Crippen molar-refractivity contribution in [2.24, 2.45) is 5.73 Å². The van der Waals surface area contributed by atoms with Crippen LogP contribution in [0.5, 0.6) is 0 Å². The predicted octanol–water partition coefficient (Wildman–Crippen LogP) is 3.39. The Hall–Kier alpha value is -2.39. The summed E-state index contributed by atoms with van der Waals surface area (Å²) in [6.07, 6.45) is 2.41. The first-order valence-corrected chi connectivity index (χ1v) is 6.63. The summed E-state index contributed by atoms with van der Waals surface area (Å²) < 4.78 is 5.55. The molecule has 0 aliphatic carbocycles. The number of rotatable bonds is 4. The molecule has 0 saturated carbocycles. The first-order valence-electron chi connectivity index (χ1n) is 6.63. The van der Waals surface area contributed by atoms with E-state index in [0.29, 0.717) is 13.0 Å². The molecule has 2 N–H and O–H groups in total. The van der Waals surface area contributed by atoms with Crippen molar-refractivity contribution in [3.8, 4) is 11.3 Å². The highest BCUT2D eigenvalue weighted by Crippen LogP contribution is 2.21. The van der Waals surface area contributed by atoms with Crippen LogP contribution >= 0.6 is 0 Å². The summed E-state index contributed by atoms with van der Waals surface area (Å²) in [6.45, 7) is 0.530. The number of hydrogen-bond acceptors (Lipinski definition) is 3. The van der Waals surface area contributed by atoms with Gasteiger partial charge in [0.15, 0.2) is 5.89 Å². The maximum absolute atomic E-state index is 5.66. The average Bonchev–Trinajstić information content (AvgIpc) is 2.97. The number of nitrogens with zero attached hydrogens (tertiary/aromatic N) is 1. The van der Waals surface area contributed by atoms with Gasteiger partial charge in [-0.1, -0.05) is 48.5 Å². The zero-order valence-electron chi connectivity index (χ0n) is 11.1. The van der Waals surface area contributed by atoms with E-state index in [4.69, 9.17) is 10.2 Å². The van der Waals surface area contributed by atoms with Gasteiger partial charge in [0.1, 0.15) is 12.0 Å². The van der Waals surface area contributed by atoms with Gasteiger partial charge in [0.05, 0.1) is 0 Å². The molecule has 0 atom stereocenters. The van der Waals surface area contributed by atoms with Crippen LogP contribution in [0.1, 0.15) is 17.0 Å². The summed E-state index contributed by atoms with van der Waals surface area (Å²) in [7, 11) is 0. The molecule has 0 aliphatic heterocycles. The van der Waals surface area contributed by atoms with Crippen LogP contribution in [0.4, 0.5) is 0 Å². The maximum atomic E-state index is 5.66. The first-order chi connectivity index (χ1) is 9.85. The van der Waals surface area contributed by atoms with E-state index in [1.807, 2.05) is 42.5 Å². The molecular formula is C17H16N2O. The van der Waals surface area contributed by atoms with Gasteiger partial charge in [0, 0.05) is 18.5 Å². The summed E-state index contributed by atoms with van der Waals surface area (Å²) in [5, 5.41) is 0. The van der Waals surface area contributed by atoms with Crippen molar-refractivity contribution in [1.29, 1.82) is 0 Å². The second-order valence-corrected chi connectivity index (χ2v) is 4.69. The molecule has 2 aromatic carbocycles. The normalized spacial score (nSPS) is 10.7. The monoisotopic (exact) mass is 264 g/mol. The van der Waals surface area contributed by atoms with E-state index in [2.05, 4.69) is 17.1 Å². The lowest BCUT2D eigenvalue weighted by molar-refractivity contribution is 0.507. The smallest absolute Gasteiger partial charge is 0.198 e. The standard InChI is InChI=1S/C17H16N2O/c18-11-14-7-4-8-15(9-14)16-12-20-17(19-16)10-13-5-2-1-3-6-13/h1-9,12H,10-11,18H2. The van der Waals surface area contributed by atoms with Gasteiger partial charge in [0.25, 0.3) is 0 Å². The molecule has 1 heterocycles. The van der Waals surface area contributed by atoms with Crippen LogP contribution in [0, 0.1) is 0 Å². The predicted molar refractivity (Wildman–Crippen MR) is 79.1 cm³/mol. The van der Waals surface area contributed by atoms with Gasteiger partial charge in [-0.25, -0.2) is 4.98 Å². The Bertz CT molecular complexity index is 689. The van der Waals surface area contributed by atoms with Crippen LogP contribution in [-0.2, 0) is 13.0 Å². The Balaban J connectivity index is 1.83. The van der Waals surface area contributed by atoms with Crippen molar-refractivity contribution in [1.82, 2.24) is 4.98 Å². The van der Waals surface area contributed by atoms with Gasteiger partial charge in [0.2, 0.25) is 0 Å². The molecule has 0 spiro atoms. The average molecular weight is 264 g/mol. The summed E-state index contributed by atoms with van der Waals surface area (Å²) in [5.41, 5.74) is 9.84. The minimum atomic E-state index is 0.530. The first kappa shape index (κ1) is 12.6. The lowest BCUT2D eigenvalue weighted by Crippen LogP contribution is -1.95. The SMILES string of the molecule is NCc1cccc(-c2coc(Cc3ccccc3)n2)c1. The van der Waals surface area contributed by atoms with Crippen LogP contribution in [0.2, 0.25) is 0 Å². The van der Waals surface area contributed by atoms with E-state index < -0.39 is 0 Å². The van der Waals surface area contributed by atoms with Crippen LogP contribution in [0.3, 0.4) is 0 Å². The Morgan fingerprint density at radius 1 is 0.950 bits per heavy atom. The quantitative estimate of drug-likeness (QED) is 0.785. The second-order valence-electron chi connectivity index (χ2n) is 4.69. The second kappa shape index (κ2) is 5.72. The molecule has 0 unspecified atom stereocenters. The van der Waals surface area contributed by atoms with Gasteiger partial charge in [-0.3, -0.25) is 0 Å². The zero-order chi connectivity index (χ0) is 13.8. The minimum Gasteiger partial charge on any atom is -0.448 e. The topological polar surface area (TPSA) is 52.0 Å². The van der Waals surface area contributed by atoms with Crippen LogP contribution in [0.25, 0.3) is 11.3 Å². The Labute approximate surface area is 118 Å². The number of benzene rings is 2. The fourth-order valence-electron chi connectivity index (χ4n) is 2.15. The molecule has 0 bridgehead atoms. The van der Waals surface area contributed by atoms with Gasteiger partial charge in [-0.15, -0.1) is 0 Å². The number of oxazole rings is 1. The van der Waals surface area contributed by atoms with Gasteiger partial charge >= 0.3 is 0 Å². The largest absolute Gasteiger partial charge is 0.448 e. The third-order valence-electron chi connectivity index (χ3n) is 3.21. The van der Waals surface area contributed by atoms with Crippen molar-refractivity contribution in [2.45, 2.75) is 13.0 Å². The molecular weight excluding hydrogens is 248 g/mol. The number of nitrogens with two attached hydrogens (primary N) is 1. The van der Waals surface area contributed by atoms with E-state index in [1.54, 1.807) is 6.26 Å². The molecule has 0 amide bonds. The van der Waals surface area contributed by atoms with Gasteiger partial charge in [-0.05, 0) is 17.2 Å². The maximum Gasteiger partial charge on any atom is 0.198 e. The van der Waals surface area contributed by atoms with Crippen LogP contribution in [0.15, 0.2) is 65.3 Å². The van der Waals surface area contributed by atoms with Crippen molar-refractivity contribution >= 4 is 0 Å². The molecule has 100 valence electrons. The lowest BCUT2D eigenvalue weighted by Gasteiger charge is -1.99. The van der Waals surface area contributed by atoms with Crippen LogP contribution in [-0.4, -0.2) is 4.98 Å². The molecule has 3 aromatic rings. The summed E-state index contributed by atoms with van der Waals surface area (Å²) >= 11 is 0. The third-order valence-corrected chi connectivity index (χ3v) is 3.21. The molecule has 3 rings (SSSR count). The van der Waals surface area contributed by atoms with Crippen LogP contribution < -0.4 is 5.73 Å². The molecule has 3 heteroatoms. The van der Waals surface area contributed by atoms with E-state index in [1.165, 1.54) is 5.56 Å². The van der Waals surface area contributed by atoms with Crippen molar-refractivity contribution in [3.05, 3.63) is 77.9 Å². The van der Waals surface area contributed by atoms with Crippen molar-refractivity contribution < 1.29 is 4.42 Å². The third kappa shape index (κ3) is 2.78. The Morgan fingerprint density at radius 2 is 1.75 bits per heavy atom. The molecule has 1 aromatic heterocycles. The van der Waals surface area contributed by atoms with Gasteiger partial charge in [-0.2, -0.15) is 0 Å². The van der Waals surface area contributed by atoms with E-state index in [0.717, 1.165) is 22.7 Å². The van der Waals surface area contributed by atoms with E-state index in [-0.39, 0.29) is 0 Å². The highest BCUT2D eigenvalue weighted by Gasteiger charge is 2.07. The minimum absolute atomic E-state index is 0.530. The Kier molecular flexibility index (Phi) is 3.61. The highest BCUT2D eigenvalue weighted by atomic mass is 16.3. The van der Waals surface area contributed by atoms with Crippen molar-refractivity contribution in [3.63, 3.8) is 0 Å². The molecule has 0 fully saturated rings. The fourth-order valence-corrected chi connectivity index (χ4v) is 2.15. The summed E-state index contributed by atoms with van der Waals surface area (Å²) in [4.78, 5) is 4.54. The molecule has 0 saturated heterocycles. The summed E-state index contributed by atoms with van der Waals surface area (Å²) in [6, 6.07) is 18.2. The fraction of sp³-hybridized carbons (Fsp3) is 0.118. The van der Waals surface area contributed by atoms with E-state index >= 15 is 0 Å². The zero-order valence-corrected chi connectivity index (χ0v) is 11.1.